The van der Waals surface area contributed by atoms with E-state index >= 15 is 0 Å². The zero-order valence-corrected chi connectivity index (χ0v) is 14.8. The third kappa shape index (κ3) is 3.69. The van der Waals surface area contributed by atoms with Gasteiger partial charge in [0.2, 0.25) is 0 Å². The molecule has 1 atom stereocenters. The molecule has 152 valence electrons. The number of carbonyl (C=O) groups excluding carboxylic acids is 3. The standard InChI is InChI=1S/C19H13F5N2O3/c1-18(11-5-6-13(20)14(21)8-11)16(28)26(17(29)25-18)9-15(27)10-3-2-4-12(7-10)19(22,23)24/h2-8H,9H2,1H3,(H,25,29). The molecule has 1 fully saturated rings. The van der Waals surface area contributed by atoms with Gasteiger partial charge in [0.25, 0.3) is 5.91 Å². The Labute approximate surface area is 161 Å². The zero-order valence-electron chi connectivity index (χ0n) is 14.8. The molecular weight excluding hydrogens is 399 g/mol. The molecule has 1 N–H and O–H groups in total. The molecule has 10 heteroatoms. The topological polar surface area (TPSA) is 66.5 Å². The molecule has 29 heavy (non-hydrogen) atoms. The second kappa shape index (κ2) is 6.94. The molecule has 0 spiro atoms. The number of hydrogen-bond donors (Lipinski definition) is 1. The van der Waals surface area contributed by atoms with E-state index in [9.17, 15) is 36.3 Å². The number of benzene rings is 2. The lowest BCUT2D eigenvalue weighted by Gasteiger charge is -2.22. The fraction of sp³-hybridized carbons (Fsp3) is 0.211. The Kier molecular flexibility index (Phi) is 4.89. The second-order valence-electron chi connectivity index (χ2n) is 6.58. The van der Waals surface area contributed by atoms with E-state index in [0.717, 1.165) is 36.4 Å². The number of Topliss-reactive ketones (excluding diaryl/α,β-unsaturated/α-hetero) is 1. The molecule has 2 aromatic rings. The van der Waals surface area contributed by atoms with Crippen molar-refractivity contribution in [1.29, 1.82) is 0 Å². The first-order valence-corrected chi connectivity index (χ1v) is 8.23. The lowest BCUT2D eigenvalue weighted by molar-refractivity contribution is -0.137. The van der Waals surface area contributed by atoms with Gasteiger partial charge in [-0.15, -0.1) is 0 Å². The lowest BCUT2D eigenvalue weighted by Crippen LogP contribution is -2.41. The number of alkyl halides is 3. The smallest absolute Gasteiger partial charge is 0.319 e. The van der Waals surface area contributed by atoms with Gasteiger partial charge in [0.05, 0.1) is 12.1 Å². The van der Waals surface area contributed by atoms with Crippen LogP contribution in [0.1, 0.15) is 28.4 Å². The second-order valence-corrected chi connectivity index (χ2v) is 6.58. The van der Waals surface area contributed by atoms with Gasteiger partial charge in [-0.25, -0.2) is 13.6 Å². The summed E-state index contributed by atoms with van der Waals surface area (Å²) in [5, 5.41) is 2.30. The minimum Gasteiger partial charge on any atom is -0.319 e. The summed E-state index contributed by atoms with van der Waals surface area (Å²) >= 11 is 0. The lowest BCUT2D eigenvalue weighted by atomic mass is 9.92. The Morgan fingerprint density at radius 3 is 2.38 bits per heavy atom. The van der Waals surface area contributed by atoms with Crippen LogP contribution in [-0.4, -0.2) is 29.2 Å². The molecule has 0 aliphatic carbocycles. The molecule has 3 rings (SSSR count). The Balaban J connectivity index is 1.85. The molecule has 1 aliphatic heterocycles. The first-order chi connectivity index (χ1) is 13.4. The van der Waals surface area contributed by atoms with Crippen LogP contribution in [0.3, 0.4) is 0 Å². The molecule has 0 saturated carbocycles. The average Bonchev–Trinajstić information content (AvgIpc) is 2.87. The van der Waals surface area contributed by atoms with E-state index in [1.807, 2.05) is 0 Å². The predicted molar refractivity (Wildman–Crippen MR) is 89.7 cm³/mol. The van der Waals surface area contributed by atoms with E-state index in [1.165, 1.54) is 6.92 Å². The van der Waals surface area contributed by atoms with Crippen LogP contribution >= 0.6 is 0 Å². The van der Waals surface area contributed by atoms with Crippen molar-refractivity contribution >= 4 is 17.7 Å². The fourth-order valence-corrected chi connectivity index (χ4v) is 2.95. The van der Waals surface area contributed by atoms with Crippen molar-refractivity contribution in [2.45, 2.75) is 18.6 Å². The van der Waals surface area contributed by atoms with Crippen molar-refractivity contribution < 1.29 is 36.3 Å². The van der Waals surface area contributed by atoms with Crippen molar-refractivity contribution in [2.24, 2.45) is 0 Å². The summed E-state index contributed by atoms with van der Waals surface area (Å²) in [6.45, 7) is 0.430. The number of rotatable bonds is 4. The van der Waals surface area contributed by atoms with E-state index in [2.05, 4.69) is 5.32 Å². The van der Waals surface area contributed by atoms with Crippen LogP contribution in [0.4, 0.5) is 26.7 Å². The third-order valence-corrected chi connectivity index (χ3v) is 4.59. The minimum absolute atomic E-state index is 0.0521. The van der Waals surface area contributed by atoms with E-state index in [-0.39, 0.29) is 11.1 Å². The van der Waals surface area contributed by atoms with Crippen molar-refractivity contribution in [3.05, 3.63) is 70.8 Å². The van der Waals surface area contributed by atoms with Crippen LogP contribution in [-0.2, 0) is 16.5 Å². The molecule has 5 nitrogen and oxygen atoms in total. The van der Waals surface area contributed by atoms with Gasteiger partial charge < -0.3 is 5.32 Å². The van der Waals surface area contributed by atoms with Gasteiger partial charge in [-0.2, -0.15) is 13.2 Å². The summed E-state index contributed by atoms with van der Waals surface area (Å²) < 4.78 is 65.1. The minimum atomic E-state index is -4.66. The number of nitrogens with one attached hydrogen (secondary N) is 1. The molecule has 3 amide bonds. The largest absolute Gasteiger partial charge is 0.416 e. The van der Waals surface area contributed by atoms with E-state index in [4.69, 9.17) is 0 Å². The van der Waals surface area contributed by atoms with E-state index in [0.29, 0.717) is 11.0 Å². The Hall–Kier alpha value is -3.30. The van der Waals surface area contributed by atoms with Gasteiger partial charge in [0, 0.05) is 5.56 Å². The summed E-state index contributed by atoms with van der Waals surface area (Å²) in [6.07, 6.45) is -4.66. The molecule has 0 radical (unpaired) electrons. The van der Waals surface area contributed by atoms with Gasteiger partial charge in [-0.1, -0.05) is 18.2 Å². The number of halogens is 5. The number of ketones is 1. The summed E-state index contributed by atoms with van der Waals surface area (Å²) in [4.78, 5) is 37.8. The summed E-state index contributed by atoms with van der Waals surface area (Å²) in [7, 11) is 0. The third-order valence-electron chi connectivity index (χ3n) is 4.59. The number of imide groups is 1. The van der Waals surface area contributed by atoms with Gasteiger partial charge in [-0.3, -0.25) is 14.5 Å². The Morgan fingerprint density at radius 1 is 1.07 bits per heavy atom. The molecular formula is C19H13F5N2O3. The highest BCUT2D eigenvalue weighted by Crippen LogP contribution is 2.31. The van der Waals surface area contributed by atoms with Crippen LogP contribution in [0.25, 0.3) is 0 Å². The van der Waals surface area contributed by atoms with E-state index in [1.54, 1.807) is 0 Å². The molecule has 1 heterocycles. The van der Waals surface area contributed by atoms with Gasteiger partial charge >= 0.3 is 12.2 Å². The maximum atomic E-state index is 13.5. The van der Waals surface area contributed by atoms with Crippen molar-refractivity contribution in [3.63, 3.8) is 0 Å². The number of urea groups is 1. The highest BCUT2D eigenvalue weighted by atomic mass is 19.4. The Morgan fingerprint density at radius 2 is 1.76 bits per heavy atom. The van der Waals surface area contributed by atoms with Crippen LogP contribution in [0.15, 0.2) is 42.5 Å². The van der Waals surface area contributed by atoms with Crippen LogP contribution in [0.5, 0.6) is 0 Å². The Bertz CT molecular complexity index is 1020. The summed E-state index contributed by atoms with van der Waals surface area (Å²) in [5.74, 6) is -4.20. The molecule has 0 bridgehead atoms. The SMILES string of the molecule is CC1(c2ccc(F)c(F)c2)NC(=O)N(CC(=O)c2cccc(C(F)(F)F)c2)C1=O. The number of amides is 3. The maximum Gasteiger partial charge on any atom is 0.416 e. The molecule has 1 aliphatic rings. The summed E-state index contributed by atoms with van der Waals surface area (Å²) in [6, 6.07) is 5.21. The molecule has 1 saturated heterocycles. The highest BCUT2D eigenvalue weighted by molar-refractivity contribution is 6.11. The van der Waals surface area contributed by atoms with E-state index < -0.39 is 53.2 Å². The van der Waals surface area contributed by atoms with Crippen molar-refractivity contribution in [2.75, 3.05) is 6.54 Å². The van der Waals surface area contributed by atoms with Crippen LogP contribution in [0, 0.1) is 11.6 Å². The number of carbonyl (C=O) groups is 3. The van der Waals surface area contributed by atoms with Gasteiger partial charge in [0.15, 0.2) is 17.4 Å². The molecule has 0 aromatic heterocycles. The monoisotopic (exact) mass is 412 g/mol. The van der Waals surface area contributed by atoms with Gasteiger partial charge in [-0.05, 0) is 36.8 Å². The van der Waals surface area contributed by atoms with Crippen molar-refractivity contribution in [1.82, 2.24) is 10.2 Å². The molecule has 1 unspecified atom stereocenters. The number of nitrogens with zero attached hydrogens (tertiary/aromatic N) is 1. The summed E-state index contributed by atoms with van der Waals surface area (Å²) in [5.41, 5.74) is -3.20. The van der Waals surface area contributed by atoms with Gasteiger partial charge in [0.1, 0.15) is 5.54 Å². The van der Waals surface area contributed by atoms with Crippen LogP contribution < -0.4 is 5.32 Å². The number of hydrogen-bond acceptors (Lipinski definition) is 3. The van der Waals surface area contributed by atoms with Crippen LogP contribution in [0.2, 0.25) is 0 Å². The highest BCUT2D eigenvalue weighted by Gasteiger charge is 2.49. The fourth-order valence-electron chi connectivity index (χ4n) is 2.95. The first-order valence-electron chi connectivity index (χ1n) is 8.23. The predicted octanol–water partition coefficient (Wildman–Crippen LogP) is 3.63. The quantitative estimate of drug-likeness (QED) is 0.474. The maximum absolute atomic E-state index is 13.5. The average molecular weight is 412 g/mol. The normalized spacial score (nSPS) is 19.4. The first kappa shape index (κ1) is 20.4. The van der Waals surface area contributed by atoms with Crippen molar-refractivity contribution in [3.8, 4) is 0 Å². The molecule has 2 aromatic carbocycles. The zero-order chi connectivity index (χ0) is 21.6.